The van der Waals surface area contributed by atoms with Gasteiger partial charge < -0.3 is 15.4 Å². The summed E-state index contributed by atoms with van der Waals surface area (Å²) in [6.07, 6.45) is 1.21. The van der Waals surface area contributed by atoms with Gasteiger partial charge >= 0.3 is 0 Å². The Bertz CT molecular complexity index is 358. The number of methoxy groups -OCH3 is 1. The minimum absolute atomic E-state index is 0.183. The highest BCUT2D eigenvalue weighted by molar-refractivity contribution is 5.10. The highest BCUT2D eigenvalue weighted by Gasteiger charge is 2.18. The molecule has 0 radical (unpaired) electrons. The van der Waals surface area contributed by atoms with E-state index in [9.17, 15) is 4.39 Å². The van der Waals surface area contributed by atoms with Gasteiger partial charge in [-0.3, -0.25) is 4.98 Å². The number of pyridine rings is 1. The van der Waals surface area contributed by atoms with Crippen LogP contribution >= 0.6 is 0 Å². The molecule has 0 fully saturated rings. The molecule has 1 heterocycles. The van der Waals surface area contributed by atoms with Crippen LogP contribution in [0.3, 0.4) is 0 Å². The maximum Gasteiger partial charge on any atom is 0.141 e. The van der Waals surface area contributed by atoms with Crippen LogP contribution in [0, 0.1) is 11.7 Å². The normalized spacial score (nSPS) is 14.6. The van der Waals surface area contributed by atoms with Gasteiger partial charge in [0.1, 0.15) is 5.82 Å². The maximum absolute atomic E-state index is 12.8. The average Bonchev–Trinajstić information content (AvgIpc) is 2.43. The zero-order chi connectivity index (χ0) is 14.3. The first kappa shape index (κ1) is 16.0. The Balaban J connectivity index is 2.55. The lowest BCUT2D eigenvalue weighted by Gasteiger charge is -2.27. The summed E-state index contributed by atoms with van der Waals surface area (Å²) in [6.45, 7) is 7.64. The second-order valence-electron chi connectivity index (χ2n) is 4.79. The third kappa shape index (κ3) is 5.22. The molecule has 2 atom stereocenters. The fourth-order valence-electron chi connectivity index (χ4n) is 2.00. The largest absolute Gasteiger partial charge is 0.383 e. The second-order valence-corrected chi connectivity index (χ2v) is 4.79. The molecule has 0 saturated carbocycles. The van der Waals surface area contributed by atoms with Gasteiger partial charge in [0, 0.05) is 20.2 Å². The zero-order valence-electron chi connectivity index (χ0n) is 12.0. The van der Waals surface area contributed by atoms with Crippen molar-refractivity contribution in [2.45, 2.75) is 19.9 Å². The fraction of sp³-hybridized carbons (Fsp3) is 0.643. The van der Waals surface area contributed by atoms with Crippen LogP contribution in [0.25, 0.3) is 0 Å². The van der Waals surface area contributed by atoms with E-state index in [0.29, 0.717) is 6.61 Å². The molecule has 0 saturated heterocycles. The summed E-state index contributed by atoms with van der Waals surface area (Å²) in [7, 11) is 1.70. The summed E-state index contributed by atoms with van der Waals surface area (Å²) in [4.78, 5) is 6.34. The van der Waals surface area contributed by atoms with Gasteiger partial charge in [-0.2, -0.15) is 0 Å². The molecule has 108 valence electrons. The van der Waals surface area contributed by atoms with Crippen molar-refractivity contribution in [3.63, 3.8) is 0 Å². The van der Waals surface area contributed by atoms with Gasteiger partial charge in [-0.15, -0.1) is 0 Å². The van der Waals surface area contributed by atoms with Crippen LogP contribution < -0.4 is 5.73 Å². The van der Waals surface area contributed by atoms with Crippen LogP contribution in [0.4, 0.5) is 4.39 Å². The lowest BCUT2D eigenvalue weighted by atomic mass is 9.98. The van der Waals surface area contributed by atoms with Crippen molar-refractivity contribution < 1.29 is 9.13 Å². The quantitative estimate of drug-likeness (QED) is 0.782. The van der Waals surface area contributed by atoms with Gasteiger partial charge in [0.25, 0.3) is 0 Å². The van der Waals surface area contributed by atoms with Crippen molar-refractivity contribution >= 4 is 0 Å². The predicted octanol–water partition coefficient (Wildman–Crippen LogP) is 1.82. The Hall–Kier alpha value is -1.04. The van der Waals surface area contributed by atoms with E-state index in [1.165, 1.54) is 12.3 Å². The third-order valence-electron chi connectivity index (χ3n) is 3.31. The molecule has 0 bridgehead atoms. The summed E-state index contributed by atoms with van der Waals surface area (Å²) in [5, 5.41) is 0. The molecule has 4 nitrogen and oxygen atoms in total. The molecule has 5 heteroatoms. The topological polar surface area (TPSA) is 51.4 Å². The second kappa shape index (κ2) is 8.19. The number of ether oxygens (including phenoxy) is 1. The summed E-state index contributed by atoms with van der Waals surface area (Å²) in [5.74, 6) is -0.0892. The summed E-state index contributed by atoms with van der Waals surface area (Å²) >= 11 is 0. The molecule has 0 aromatic carbocycles. The molecule has 1 rings (SSSR count). The van der Waals surface area contributed by atoms with Crippen LogP contribution in [0.15, 0.2) is 18.3 Å². The Kier molecular flexibility index (Phi) is 6.91. The molecule has 19 heavy (non-hydrogen) atoms. The van der Waals surface area contributed by atoms with Crippen molar-refractivity contribution in [3.05, 3.63) is 29.8 Å². The number of aromatic nitrogens is 1. The smallest absolute Gasteiger partial charge is 0.141 e. The van der Waals surface area contributed by atoms with Gasteiger partial charge in [-0.1, -0.05) is 13.8 Å². The van der Waals surface area contributed by atoms with Crippen LogP contribution in [0.2, 0.25) is 0 Å². The van der Waals surface area contributed by atoms with E-state index in [2.05, 4.69) is 23.7 Å². The number of halogens is 1. The monoisotopic (exact) mass is 269 g/mol. The Morgan fingerprint density at radius 3 is 2.74 bits per heavy atom. The van der Waals surface area contributed by atoms with E-state index in [4.69, 9.17) is 10.5 Å². The first-order chi connectivity index (χ1) is 9.08. The van der Waals surface area contributed by atoms with Crippen LogP contribution in [-0.4, -0.2) is 43.2 Å². The van der Waals surface area contributed by atoms with E-state index in [-0.39, 0.29) is 17.8 Å². The number of likely N-dealkylation sites (N-methyl/N-ethyl adjacent to an activating group) is 1. The molecule has 2 unspecified atom stereocenters. The first-order valence-electron chi connectivity index (χ1n) is 6.66. The molecule has 0 aliphatic rings. The number of hydrogen-bond acceptors (Lipinski definition) is 4. The first-order valence-corrected chi connectivity index (χ1v) is 6.66. The van der Waals surface area contributed by atoms with Crippen molar-refractivity contribution in [3.8, 4) is 0 Å². The van der Waals surface area contributed by atoms with Gasteiger partial charge in [-0.25, -0.2) is 4.39 Å². The van der Waals surface area contributed by atoms with Crippen molar-refractivity contribution in [1.82, 2.24) is 9.88 Å². The van der Waals surface area contributed by atoms with Gasteiger partial charge in [0.15, 0.2) is 0 Å². The highest BCUT2D eigenvalue weighted by atomic mass is 19.1. The number of rotatable bonds is 8. The maximum atomic E-state index is 12.8. The average molecular weight is 269 g/mol. The molecule has 0 aliphatic carbocycles. The highest BCUT2D eigenvalue weighted by Crippen LogP contribution is 2.18. The van der Waals surface area contributed by atoms with Crippen molar-refractivity contribution in [1.29, 1.82) is 0 Å². The number of nitrogens with two attached hydrogens (primary N) is 1. The lowest BCUT2D eigenvalue weighted by molar-refractivity contribution is 0.138. The SMILES string of the molecule is CCN(CCOC)CC(C)C(N)c1ccc(F)cn1. The van der Waals surface area contributed by atoms with E-state index in [1.807, 2.05) is 0 Å². The molecule has 0 spiro atoms. The van der Waals surface area contributed by atoms with Crippen LogP contribution in [-0.2, 0) is 4.74 Å². The molecular weight excluding hydrogens is 245 g/mol. The predicted molar refractivity (Wildman–Crippen MR) is 74.3 cm³/mol. The number of nitrogens with zero attached hydrogens (tertiary/aromatic N) is 2. The van der Waals surface area contributed by atoms with E-state index >= 15 is 0 Å². The molecule has 1 aromatic rings. The summed E-state index contributed by atoms with van der Waals surface area (Å²) < 4.78 is 17.9. The summed E-state index contributed by atoms with van der Waals surface area (Å²) in [5.41, 5.74) is 6.91. The zero-order valence-corrected chi connectivity index (χ0v) is 12.0. The molecule has 0 aliphatic heterocycles. The molecule has 0 amide bonds. The van der Waals surface area contributed by atoms with Gasteiger partial charge in [0.2, 0.25) is 0 Å². The van der Waals surface area contributed by atoms with Crippen molar-refractivity contribution in [2.24, 2.45) is 11.7 Å². The van der Waals surface area contributed by atoms with E-state index in [0.717, 1.165) is 25.3 Å². The van der Waals surface area contributed by atoms with E-state index < -0.39 is 0 Å². The van der Waals surface area contributed by atoms with E-state index in [1.54, 1.807) is 13.2 Å². The minimum atomic E-state index is -0.334. The Morgan fingerprint density at radius 1 is 1.47 bits per heavy atom. The fourth-order valence-corrected chi connectivity index (χ4v) is 2.00. The molecule has 1 aromatic heterocycles. The van der Waals surface area contributed by atoms with Crippen LogP contribution in [0.1, 0.15) is 25.6 Å². The third-order valence-corrected chi connectivity index (χ3v) is 3.31. The van der Waals surface area contributed by atoms with Gasteiger partial charge in [0.05, 0.1) is 24.5 Å². The summed E-state index contributed by atoms with van der Waals surface area (Å²) in [6, 6.07) is 2.87. The molecular formula is C14H24FN3O. The van der Waals surface area contributed by atoms with Crippen molar-refractivity contribution in [2.75, 3.05) is 33.4 Å². The lowest BCUT2D eigenvalue weighted by Crippen LogP contribution is -2.35. The Labute approximate surface area is 114 Å². The van der Waals surface area contributed by atoms with Crippen LogP contribution in [0.5, 0.6) is 0 Å². The Morgan fingerprint density at radius 2 is 2.21 bits per heavy atom. The molecule has 2 N–H and O–H groups in total. The minimum Gasteiger partial charge on any atom is -0.383 e. The number of hydrogen-bond donors (Lipinski definition) is 1. The van der Waals surface area contributed by atoms with Gasteiger partial charge in [-0.05, 0) is 24.6 Å². The standard InChI is InChI=1S/C14H24FN3O/c1-4-18(7-8-19-3)10-11(2)14(16)13-6-5-12(15)9-17-13/h5-6,9,11,14H,4,7-8,10,16H2,1-3H3.